The number of rotatable bonds is 2. The predicted molar refractivity (Wildman–Crippen MR) is 65.4 cm³/mol. The molecule has 0 bridgehead atoms. The van der Waals surface area contributed by atoms with Gasteiger partial charge in [0, 0.05) is 25.7 Å². The fraction of sp³-hybridized carbons (Fsp3) is 0.545. The fourth-order valence-electron chi connectivity index (χ4n) is 2.12. The van der Waals surface area contributed by atoms with Crippen LogP contribution in [-0.2, 0) is 0 Å². The first kappa shape index (κ1) is 12.6. The minimum atomic E-state index is -0.542. The van der Waals surface area contributed by atoms with Crippen molar-refractivity contribution in [1.29, 1.82) is 0 Å². The maximum absolute atomic E-state index is 12.3. The number of nitrogens with zero attached hydrogens (tertiary/aromatic N) is 2. The van der Waals surface area contributed by atoms with Crippen molar-refractivity contribution in [1.82, 2.24) is 15.2 Å². The Hall–Kier alpha value is -1.89. The number of amides is 1. The van der Waals surface area contributed by atoms with Crippen LogP contribution in [0.2, 0.25) is 0 Å². The lowest BCUT2D eigenvalue weighted by Gasteiger charge is -2.42. The van der Waals surface area contributed by atoms with Gasteiger partial charge in [-0.3, -0.25) is 4.79 Å². The molecule has 1 fully saturated rings. The zero-order valence-corrected chi connectivity index (χ0v) is 10.4. The predicted octanol–water partition coefficient (Wildman–Crippen LogP) is 0.747. The summed E-state index contributed by atoms with van der Waals surface area (Å²) in [7, 11) is 0. The second-order valence-electron chi connectivity index (χ2n) is 4.96. The van der Waals surface area contributed by atoms with Crippen molar-refractivity contribution in [3.05, 3.63) is 27.9 Å². The molecule has 98 valence electrons. The largest absolute Gasteiger partial charge is 0.358 e. The van der Waals surface area contributed by atoms with Crippen molar-refractivity contribution < 1.29 is 9.72 Å². The van der Waals surface area contributed by atoms with Gasteiger partial charge in [-0.2, -0.15) is 0 Å². The van der Waals surface area contributed by atoms with E-state index >= 15 is 0 Å². The van der Waals surface area contributed by atoms with E-state index in [0.717, 1.165) is 6.54 Å². The quantitative estimate of drug-likeness (QED) is 0.600. The molecule has 1 aliphatic rings. The molecule has 0 radical (unpaired) electrons. The second kappa shape index (κ2) is 4.41. The molecule has 1 saturated heterocycles. The zero-order chi connectivity index (χ0) is 13.3. The molecule has 1 aromatic rings. The van der Waals surface area contributed by atoms with Crippen LogP contribution in [0.1, 0.15) is 24.3 Å². The normalized spacial score (nSPS) is 18.7. The van der Waals surface area contributed by atoms with E-state index in [1.165, 1.54) is 12.1 Å². The van der Waals surface area contributed by atoms with Gasteiger partial charge in [-0.15, -0.1) is 0 Å². The highest BCUT2D eigenvalue weighted by Gasteiger charge is 2.35. The SMILES string of the molecule is CC1(C)CNCCN1C(=O)c1ccc([N+](=O)[O-])[nH]1. The van der Waals surface area contributed by atoms with Crippen molar-refractivity contribution in [2.75, 3.05) is 19.6 Å². The van der Waals surface area contributed by atoms with E-state index in [1.807, 2.05) is 13.8 Å². The van der Waals surface area contributed by atoms with Crippen LogP contribution in [0, 0.1) is 10.1 Å². The summed E-state index contributed by atoms with van der Waals surface area (Å²) < 4.78 is 0. The third-order valence-corrected chi connectivity index (χ3v) is 3.14. The summed E-state index contributed by atoms with van der Waals surface area (Å²) in [5, 5.41) is 13.8. The lowest BCUT2D eigenvalue weighted by Crippen LogP contribution is -2.59. The van der Waals surface area contributed by atoms with Crippen LogP contribution in [-0.4, -0.2) is 45.9 Å². The Morgan fingerprint density at radius 3 is 2.78 bits per heavy atom. The summed E-state index contributed by atoms with van der Waals surface area (Å²) in [5.41, 5.74) is -0.0356. The zero-order valence-electron chi connectivity index (χ0n) is 10.4. The minimum absolute atomic E-state index is 0.161. The standard InChI is InChI=1S/C11H16N4O3/c1-11(2)7-12-5-6-14(11)10(16)8-3-4-9(13-8)15(17)18/h3-4,12-13H,5-7H2,1-2H3. The number of hydrogen-bond acceptors (Lipinski definition) is 4. The molecule has 2 heterocycles. The highest BCUT2D eigenvalue weighted by molar-refractivity contribution is 5.93. The van der Waals surface area contributed by atoms with Gasteiger partial charge in [0.2, 0.25) is 0 Å². The third-order valence-electron chi connectivity index (χ3n) is 3.14. The molecule has 0 spiro atoms. The van der Waals surface area contributed by atoms with Gasteiger partial charge < -0.3 is 20.3 Å². The van der Waals surface area contributed by atoms with E-state index in [9.17, 15) is 14.9 Å². The Labute approximate surface area is 104 Å². The van der Waals surface area contributed by atoms with Crippen LogP contribution < -0.4 is 5.32 Å². The van der Waals surface area contributed by atoms with Crippen LogP contribution >= 0.6 is 0 Å². The molecule has 0 saturated carbocycles. The van der Waals surface area contributed by atoms with E-state index < -0.39 is 4.92 Å². The number of H-pyrrole nitrogens is 1. The second-order valence-corrected chi connectivity index (χ2v) is 4.96. The van der Waals surface area contributed by atoms with Crippen LogP contribution in [0.5, 0.6) is 0 Å². The molecule has 0 aliphatic carbocycles. The number of hydrogen-bond donors (Lipinski definition) is 2. The van der Waals surface area contributed by atoms with Gasteiger partial charge in [-0.25, -0.2) is 4.98 Å². The summed E-state index contributed by atoms with van der Waals surface area (Å²) in [6, 6.07) is 2.76. The fourth-order valence-corrected chi connectivity index (χ4v) is 2.12. The van der Waals surface area contributed by atoms with Crippen molar-refractivity contribution in [3.8, 4) is 0 Å². The van der Waals surface area contributed by atoms with Crippen LogP contribution in [0.3, 0.4) is 0 Å². The molecule has 1 amide bonds. The Morgan fingerprint density at radius 1 is 1.50 bits per heavy atom. The summed E-state index contributed by atoms with van der Waals surface area (Å²) in [4.78, 5) is 26.6. The van der Waals surface area contributed by atoms with E-state index in [4.69, 9.17) is 0 Å². The minimum Gasteiger partial charge on any atom is -0.358 e. The van der Waals surface area contributed by atoms with Crippen molar-refractivity contribution >= 4 is 11.7 Å². The maximum Gasteiger partial charge on any atom is 0.321 e. The summed E-state index contributed by atoms with van der Waals surface area (Å²) in [6.07, 6.45) is 0. The van der Waals surface area contributed by atoms with Crippen molar-refractivity contribution in [3.63, 3.8) is 0 Å². The number of carbonyl (C=O) groups is 1. The first-order valence-electron chi connectivity index (χ1n) is 5.78. The van der Waals surface area contributed by atoms with Crippen molar-refractivity contribution in [2.45, 2.75) is 19.4 Å². The van der Waals surface area contributed by atoms with Gasteiger partial charge in [0.15, 0.2) is 5.69 Å². The molecule has 7 heteroatoms. The Morgan fingerprint density at radius 2 is 2.22 bits per heavy atom. The average molecular weight is 252 g/mol. The monoisotopic (exact) mass is 252 g/mol. The van der Waals surface area contributed by atoms with Gasteiger partial charge >= 0.3 is 5.82 Å². The van der Waals surface area contributed by atoms with Gasteiger partial charge in [0.05, 0.1) is 5.54 Å². The van der Waals surface area contributed by atoms with Gasteiger partial charge in [0.25, 0.3) is 5.91 Å². The summed E-state index contributed by atoms with van der Waals surface area (Å²) >= 11 is 0. The van der Waals surface area contributed by atoms with Gasteiger partial charge in [-0.05, 0) is 24.8 Å². The Bertz CT molecular complexity index is 480. The topological polar surface area (TPSA) is 91.3 Å². The third kappa shape index (κ3) is 2.21. The lowest BCUT2D eigenvalue weighted by atomic mass is 10.00. The van der Waals surface area contributed by atoms with E-state index in [1.54, 1.807) is 4.90 Å². The molecule has 1 aliphatic heterocycles. The number of nitro groups is 1. The molecule has 7 nitrogen and oxygen atoms in total. The van der Waals surface area contributed by atoms with Crippen LogP contribution in [0.15, 0.2) is 12.1 Å². The lowest BCUT2D eigenvalue weighted by molar-refractivity contribution is -0.389. The molecule has 0 unspecified atom stereocenters. The van der Waals surface area contributed by atoms with Gasteiger partial charge in [0.1, 0.15) is 0 Å². The highest BCUT2D eigenvalue weighted by atomic mass is 16.6. The number of nitrogens with one attached hydrogen (secondary N) is 2. The number of piperazine rings is 1. The first-order valence-corrected chi connectivity index (χ1v) is 5.78. The number of aromatic amines is 1. The molecule has 0 atom stereocenters. The average Bonchev–Trinajstić information content (AvgIpc) is 2.77. The van der Waals surface area contributed by atoms with Crippen LogP contribution in [0.25, 0.3) is 0 Å². The molecular weight excluding hydrogens is 236 g/mol. The van der Waals surface area contributed by atoms with Crippen LogP contribution in [0.4, 0.5) is 5.82 Å². The Kier molecular flexibility index (Phi) is 3.08. The van der Waals surface area contributed by atoms with E-state index in [-0.39, 0.29) is 23.0 Å². The molecule has 1 aromatic heterocycles. The number of carbonyl (C=O) groups excluding carboxylic acids is 1. The smallest absolute Gasteiger partial charge is 0.321 e. The van der Waals surface area contributed by atoms with E-state index in [2.05, 4.69) is 10.3 Å². The molecule has 2 N–H and O–H groups in total. The molecule has 2 rings (SSSR count). The highest BCUT2D eigenvalue weighted by Crippen LogP contribution is 2.20. The Balaban J connectivity index is 2.21. The number of aromatic nitrogens is 1. The summed E-state index contributed by atoms with van der Waals surface area (Å²) in [6.45, 7) is 5.97. The maximum atomic E-state index is 12.3. The molecule has 18 heavy (non-hydrogen) atoms. The molecular formula is C11H16N4O3. The first-order chi connectivity index (χ1) is 8.42. The van der Waals surface area contributed by atoms with E-state index in [0.29, 0.717) is 13.1 Å². The molecule has 0 aromatic carbocycles. The van der Waals surface area contributed by atoms with Crippen molar-refractivity contribution in [2.24, 2.45) is 0 Å². The van der Waals surface area contributed by atoms with Gasteiger partial charge in [-0.1, -0.05) is 0 Å². The summed E-state index contributed by atoms with van der Waals surface area (Å²) in [5.74, 6) is -0.360.